The number of nitrogens with one attached hydrogen (secondary N) is 1. The maximum absolute atomic E-state index is 11.6. The Hall–Kier alpha value is -0.650. The summed E-state index contributed by atoms with van der Waals surface area (Å²) in [5.74, 6) is -0.771. The molecule has 0 rings (SSSR count). The van der Waals surface area contributed by atoms with Gasteiger partial charge in [-0.25, -0.2) is 0 Å². The zero-order valence-corrected chi connectivity index (χ0v) is 14.9. The molecule has 0 spiro atoms. The predicted molar refractivity (Wildman–Crippen MR) is 88.8 cm³/mol. The van der Waals surface area contributed by atoms with Gasteiger partial charge in [0.25, 0.3) is 0 Å². The molecule has 0 heterocycles. The molecule has 21 heavy (non-hydrogen) atoms. The minimum atomic E-state index is -0.877. The molecule has 2 unspecified atom stereocenters. The van der Waals surface area contributed by atoms with Crippen LogP contribution in [0.1, 0.15) is 47.5 Å². The average Bonchev–Trinajstić information content (AvgIpc) is 2.32. The van der Waals surface area contributed by atoms with Gasteiger partial charge in [0.2, 0.25) is 0 Å². The molecule has 5 heteroatoms. The predicted octanol–water partition coefficient (Wildman–Crippen LogP) is 1.88. The summed E-state index contributed by atoms with van der Waals surface area (Å²) < 4.78 is 0. The second-order valence-corrected chi connectivity index (χ2v) is 6.83. The van der Waals surface area contributed by atoms with Crippen molar-refractivity contribution in [1.29, 1.82) is 0 Å². The minimum absolute atomic E-state index is 0.153. The Morgan fingerprint density at radius 1 is 1.19 bits per heavy atom. The molecule has 2 atom stereocenters. The third-order valence-corrected chi connectivity index (χ3v) is 3.75. The SMILES string of the molecule is CCCN(CCN(C)C)C(C)CC(C)(NC(C)C)C(=O)O. The van der Waals surface area contributed by atoms with Gasteiger partial charge < -0.3 is 10.0 Å². The number of hydrogen-bond acceptors (Lipinski definition) is 4. The molecular weight excluding hydrogens is 266 g/mol. The zero-order valence-electron chi connectivity index (χ0n) is 14.9. The van der Waals surface area contributed by atoms with Gasteiger partial charge in [-0.05, 0) is 61.2 Å². The van der Waals surface area contributed by atoms with Gasteiger partial charge >= 0.3 is 5.97 Å². The van der Waals surface area contributed by atoms with Crippen LogP contribution in [0, 0.1) is 0 Å². The molecule has 0 radical (unpaired) electrons. The van der Waals surface area contributed by atoms with Crippen molar-refractivity contribution in [2.45, 2.75) is 65.1 Å². The average molecular weight is 301 g/mol. The number of rotatable bonds is 11. The number of likely N-dealkylation sites (N-methyl/N-ethyl adjacent to an activating group) is 1. The van der Waals surface area contributed by atoms with Crippen molar-refractivity contribution < 1.29 is 9.90 Å². The Labute approximate surface area is 130 Å². The van der Waals surface area contributed by atoms with Crippen LogP contribution in [0.2, 0.25) is 0 Å². The summed E-state index contributed by atoms with van der Waals surface area (Å²) in [7, 11) is 4.13. The summed E-state index contributed by atoms with van der Waals surface area (Å²) in [4.78, 5) is 16.2. The molecule has 0 aromatic carbocycles. The van der Waals surface area contributed by atoms with E-state index in [1.54, 1.807) is 6.92 Å². The first-order valence-corrected chi connectivity index (χ1v) is 8.02. The summed E-state index contributed by atoms with van der Waals surface area (Å²) in [6.45, 7) is 13.0. The largest absolute Gasteiger partial charge is 0.480 e. The van der Waals surface area contributed by atoms with Gasteiger partial charge in [0.15, 0.2) is 0 Å². The van der Waals surface area contributed by atoms with Crippen LogP contribution >= 0.6 is 0 Å². The molecule has 5 nitrogen and oxygen atoms in total. The molecule has 0 saturated heterocycles. The molecule has 126 valence electrons. The Morgan fingerprint density at radius 2 is 1.76 bits per heavy atom. The maximum atomic E-state index is 11.6. The van der Waals surface area contributed by atoms with Crippen LogP contribution in [0.25, 0.3) is 0 Å². The van der Waals surface area contributed by atoms with Crippen molar-refractivity contribution in [2.24, 2.45) is 0 Å². The lowest BCUT2D eigenvalue weighted by molar-refractivity contribution is -0.145. The zero-order chi connectivity index (χ0) is 16.6. The Balaban J connectivity index is 4.81. The van der Waals surface area contributed by atoms with Gasteiger partial charge in [0.1, 0.15) is 5.54 Å². The molecule has 0 aliphatic carbocycles. The van der Waals surface area contributed by atoms with E-state index < -0.39 is 11.5 Å². The summed E-state index contributed by atoms with van der Waals surface area (Å²) >= 11 is 0. The lowest BCUT2D eigenvalue weighted by Gasteiger charge is -2.36. The first-order valence-electron chi connectivity index (χ1n) is 8.02. The lowest BCUT2D eigenvalue weighted by Crippen LogP contribution is -2.56. The van der Waals surface area contributed by atoms with Gasteiger partial charge in [0, 0.05) is 25.2 Å². The van der Waals surface area contributed by atoms with E-state index in [9.17, 15) is 9.90 Å². The van der Waals surface area contributed by atoms with E-state index >= 15 is 0 Å². The molecule has 0 bridgehead atoms. The molecule has 0 aliphatic heterocycles. The monoisotopic (exact) mass is 301 g/mol. The van der Waals surface area contributed by atoms with E-state index in [4.69, 9.17) is 0 Å². The summed E-state index contributed by atoms with van der Waals surface area (Å²) in [6.07, 6.45) is 1.69. The highest BCUT2D eigenvalue weighted by molar-refractivity contribution is 5.78. The highest BCUT2D eigenvalue weighted by atomic mass is 16.4. The number of carboxylic acid groups (broad SMARTS) is 1. The fourth-order valence-electron chi connectivity index (χ4n) is 2.73. The normalized spacial score (nSPS) is 16.5. The van der Waals surface area contributed by atoms with Gasteiger partial charge in [0.05, 0.1) is 0 Å². The topological polar surface area (TPSA) is 55.8 Å². The quantitative estimate of drug-likeness (QED) is 0.610. The van der Waals surface area contributed by atoms with Crippen molar-refractivity contribution in [2.75, 3.05) is 33.7 Å². The molecule has 0 aliphatic rings. The van der Waals surface area contributed by atoms with Crippen LogP contribution in [0.5, 0.6) is 0 Å². The Kier molecular flexibility index (Phi) is 9.09. The number of aliphatic carboxylic acids is 1. The van der Waals surface area contributed by atoms with Crippen molar-refractivity contribution in [3.8, 4) is 0 Å². The molecule has 0 aromatic rings. The molecule has 0 aromatic heterocycles. The van der Waals surface area contributed by atoms with Crippen molar-refractivity contribution in [3.05, 3.63) is 0 Å². The molecule has 0 fully saturated rings. The standard InChI is InChI=1S/C16H35N3O2/c1-8-9-19(11-10-18(6)7)14(4)12-16(5,15(20)21)17-13(2)3/h13-14,17H,8-12H2,1-7H3,(H,20,21). The van der Waals surface area contributed by atoms with Gasteiger partial charge in [-0.15, -0.1) is 0 Å². The highest BCUT2D eigenvalue weighted by Crippen LogP contribution is 2.18. The van der Waals surface area contributed by atoms with E-state index in [0.29, 0.717) is 6.42 Å². The number of hydrogen-bond donors (Lipinski definition) is 2. The summed E-state index contributed by atoms with van der Waals surface area (Å²) in [6, 6.07) is 0.386. The van der Waals surface area contributed by atoms with Crippen LogP contribution in [-0.4, -0.2) is 72.2 Å². The van der Waals surface area contributed by atoms with Crippen LogP contribution in [0.15, 0.2) is 0 Å². The van der Waals surface area contributed by atoms with Gasteiger partial charge in [-0.3, -0.25) is 15.0 Å². The fraction of sp³-hybridized carbons (Fsp3) is 0.938. The van der Waals surface area contributed by atoms with Gasteiger partial charge in [-0.2, -0.15) is 0 Å². The van der Waals surface area contributed by atoms with Crippen molar-refractivity contribution in [1.82, 2.24) is 15.1 Å². The second kappa shape index (κ2) is 9.38. The second-order valence-electron chi connectivity index (χ2n) is 6.83. The molecular formula is C16H35N3O2. The Morgan fingerprint density at radius 3 is 2.14 bits per heavy atom. The third-order valence-electron chi connectivity index (χ3n) is 3.75. The van der Waals surface area contributed by atoms with E-state index in [2.05, 4.69) is 43.1 Å². The van der Waals surface area contributed by atoms with E-state index in [1.807, 2.05) is 13.8 Å². The highest BCUT2D eigenvalue weighted by Gasteiger charge is 2.36. The third kappa shape index (κ3) is 7.79. The van der Waals surface area contributed by atoms with E-state index in [1.165, 1.54) is 0 Å². The van der Waals surface area contributed by atoms with Gasteiger partial charge in [-0.1, -0.05) is 6.92 Å². The Bertz CT molecular complexity index is 308. The van der Waals surface area contributed by atoms with E-state index in [0.717, 1.165) is 26.1 Å². The molecule has 0 amide bonds. The fourth-order valence-corrected chi connectivity index (χ4v) is 2.73. The van der Waals surface area contributed by atoms with Crippen LogP contribution in [0.3, 0.4) is 0 Å². The summed E-state index contributed by atoms with van der Waals surface area (Å²) in [5.41, 5.74) is -0.877. The summed E-state index contributed by atoms with van der Waals surface area (Å²) in [5, 5.41) is 12.8. The smallest absolute Gasteiger partial charge is 0.323 e. The maximum Gasteiger partial charge on any atom is 0.323 e. The van der Waals surface area contributed by atoms with Crippen LogP contribution in [0.4, 0.5) is 0 Å². The minimum Gasteiger partial charge on any atom is -0.480 e. The van der Waals surface area contributed by atoms with Crippen molar-refractivity contribution >= 4 is 5.97 Å². The van der Waals surface area contributed by atoms with Crippen LogP contribution in [-0.2, 0) is 4.79 Å². The first kappa shape index (κ1) is 20.3. The number of nitrogens with zero attached hydrogens (tertiary/aromatic N) is 2. The number of carbonyl (C=O) groups is 1. The van der Waals surface area contributed by atoms with Crippen molar-refractivity contribution in [3.63, 3.8) is 0 Å². The molecule has 0 saturated carbocycles. The lowest BCUT2D eigenvalue weighted by atomic mass is 9.92. The van der Waals surface area contributed by atoms with Crippen LogP contribution < -0.4 is 5.32 Å². The molecule has 2 N–H and O–H groups in total. The van der Waals surface area contributed by atoms with E-state index in [-0.39, 0.29) is 12.1 Å². The first-order chi connectivity index (χ1) is 9.62. The number of carboxylic acids is 1.